The molecule has 1 aromatic heterocycles. The van der Waals surface area contributed by atoms with Crippen molar-refractivity contribution in [2.45, 2.75) is 19.9 Å². The monoisotopic (exact) mass is 310 g/mol. The number of hydrogen-bond acceptors (Lipinski definition) is 3. The molecule has 0 atom stereocenters. The van der Waals surface area contributed by atoms with Crippen LogP contribution in [0.4, 0.5) is 0 Å². The molecule has 1 heterocycles. The first kappa shape index (κ1) is 15.1. The van der Waals surface area contributed by atoms with Gasteiger partial charge < -0.3 is 10.1 Å². The van der Waals surface area contributed by atoms with Gasteiger partial charge in [-0.1, -0.05) is 36.2 Å². The van der Waals surface area contributed by atoms with Crippen molar-refractivity contribution in [1.29, 1.82) is 0 Å². The Bertz CT molecular complexity index is 555. The molecule has 1 N–H and O–H groups in total. The molecule has 0 radical (unpaired) electrons. The van der Waals surface area contributed by atoms with Gasteiger partial charge in [-0.25, -0.2) is 4.98 Å². The van der Waals surface area contributed by atoms with Crippen LogP contribution in [-0.4, -0.2) is 11.5 Å². The highest BCUT2D eigenvalue weighted by Crippen LogP contribution is 2.27. The third-order valence-electron chi connectivity index (χ3n) is 2.57. The van der Waals surface area contributed by atoms with Crippen LogP contribution >= 0.6 is 23.2 Å². The lowest BCUT2D eigenvalue weighted by Crippen LogP contribution is -2.14. The Balaban J connectivity index is 2.07. The van der Waals surface area contributed by atoms with E-state index in [1.165, 1.54) is 0 Å². The minimum absolute atomic E-state index is 0.527. The normalized spacial score (nSPS) is 10.6. The number of aromatic nitrogens is 1. The van der Waals surface area contributed by atoms with Gasteiger partial charge in [-0.3, -0.25) is 0 Å². The third-order valence-corrected chi connectivity index (χ3v) is 3.01. The summed E-state index contributed by atoms with van der Waals surface area (Å²) in [6.45, 7) is 3.82. The summed E-state index contributed by atoms with van der Waals surface area (Å²) in [7, 11) is 0. The Morgan fingerprint density at radius 1 is 1.15 bits per heavy atom. The second-order valence-electron chi connectivity index (χ2n) is 4.35. The Kier molecular flexibility index (Phi) is 5.65. The first-order valence-electron chi connectivity index (χ1n) is 6.48. The minimum Gasteiger partial charge on any atom is -0.439 e. The van der Waals surface area contributed by atoms with Crippen molar-refractivity contribution >= 4 is 23.2 Å². The maximum absolute atomic E-state index is 5.94. The van der Waals surface area contributed by atoms with Gasteiger partial charge in [0.2, 0.25) is 5.88 Å². The van der Waals surface area contributed by atoms with Crippen LogP contribution in [0.1, 0.15) is 19.0 Å². The van der Waals surface area contributed by atoms with Gasteiger partial charge in [0.1, 0.15) is 5.75 Å². The average Bonchev–Trinajstić information content (AvgIpc) is 2.38. The van der Waals surface area contributed by atoms with E-state index in [1.807, 2.05) is 12.1 Å². The van der Waals surface area contributed by atoms with Crippen LogP contribution in [0, 0.1) is 0 Å². The Hall–Kier alpha value is -1.29. The molecule has 0 bridgehead atoms. The van der Waals surface area contributed by atoms with Crippen molar-refractivity contribution in [3.63, 3.8) is 0 Å². The first-order valence-corrected chi connectivity index (χ1v) is 7.23. The summed E-state index contributed by atoms with van der Waals surface area (Å²) in [6.07, 6.45) is 1.09. The highest BCUT2D eigenvalue weighted by molar-refractivity contribution is 6.34. The Morgan fingerprint density at radius 2 is 1.90 bits per heavy atom. The van der Waals surface area contributed by atoms with E-state index in [9.17, 15) is 0 Å². The first-order chi connectivity index (χ1) is 9.67. The van der Waals surface area contributed by atoms with Crippen LogP contribution in [0.15, 0.2) is 36.4 Å². The molecule has 0 saturated heterocycles. The lowest BCUT2D eigenvalue weighted by Gasteiger charge is -2.08. The molecule has 106 valence electrons. The number of benzene rings is 1. The van der Waals surface area contributed by atoms with Crippen LogP contribution in [-0.2, 0) is 6.54 Å². The van der Waals surface area contributed by atoms with E-state index in [1.54, 1.807) is 24.3 Å². The quantitative estimate of drug-likeness (QED) is 0.787. The van der Waals surface area contributed by atoms with Crippen LogP contribution in [0.25, 0.3) is 0 Å². The molecule has 2 aromatic rings. The van der Waals surface area contributed by atoms with E-state index >= 15 is 0 Å². The van der Waals surface area contributed by atoms with Crippen molar-refractivity contribution in [1.82, 2.24) is 10.3 Å². The van der Waals surface area contributed by atoms with Gasteiger partial charge in [0.05, 0.1) is 5.69 Å². The molecule has 3 nitrogen and oxygen atoms in total. The number of pyridine rings is 1. The molecule has 0 saturated carbocycles. The van der Waals surface area contributed by atoms with Crippen LogP contribution in [0.5, 0.6) is 11.6 Å². The number of halogens is 2. The molecular weight excluding hydrogens is 295 g/mol. The zero-order chi connectivity index (χ0) is 14.4. The highest BCUT2D eigenvalue weighted by atomic mass is 35.5. The average molecular weight is 311 g/mol. The minimum atomic E-state index is 0.527. The van der Waals surface area contributed by atoms with Crippen LogP contribution in [0.2, 0.25) is 10.0 Å². The molecule has 0 spiro atoms. The fourth-order valence-electron chi connectivity index (χ4n) is 1.71. The summed E-state index contributed by atoms with van der Waals surface area (Å²) in [5.74, 6) is 1.10. The maximum atomic E-state index is 5.94. The van der Waals surface area contributed by atoms with E-state index in [4.69, 9.17) is 27.9 Å². The largest absolute Gasteiger partial charge is 0.439 e. The number of nitrogens with one attached hydrogen (secondary N) is 1. The van der Waals surface area contributed by atoms with Crippen molar-refractivity contribution in [2.75, 3.05) is 6.54 Å². The smallest absolute Gasteiger partial charge is 0.219 e. The van der Waals surface area contributed by atoms with Crippen molar-refractivity contribution in [2.24, 2.45) is 0 Å². The van der Waals surface area contributed by atoms with E-state index < -0.39 is 0 Å². The lowest BCUT2D eigenvalue weighted by atomic mass is 10.3. The molecule has 20 heavy (non-hydrogen) atoms. The predicted molar refractivity (Wildman–Crippen MR) is 82.8 cm³/mol. The highest BCUT2D eigenvalue weighted by Gasteiger charge is 2.03. The SMILES string of the molecule is CCCNCc1cccc(Oc2cc(Cl)cc(Cl)c2)n1. The van der Waals surface area contributed by atoms with Crippen molar-refractivity contribution in [3.05, 3.63) is 52.1 Å². The maximum Gasteiger partial charge on any atom is 0.219 e. The predicted octanol–water partition coefficient (Wildman–Crippen LogP) is 4.68. The van der Waals surface area contributed by atoms with Crippen LogP contribution < -0.4 is 10.1 Å². The summed E-state index contributed by atoms with van der Waals surface area (Å²) >= 11 is 11.9. The molecule has 0 amide bonds. The zero-order valence-electron chi connectivity index (χ0n) is 11.2. The van der Waals surface area contributed by atoms with E-state index in [2.05, 4.69) is 17.2 Å². The molecule has 0 aliphatic rings. The van der Waals surface area contributed by atoms with Gasteiger partial charge in [-0.05, 0) is 37.2 Å². The summed E-state index contributed by atoms with van der Waals surface area (Å²) in [6, 6.07) is 10.7. The molecular formula is C15H16Cl2N2O. The Morgan fingerprint density at radius 3 is 2.60 bits per heavy atom. The number of rotatable bonds is 6. The second kappa shape index (κ2) is 7.48. The van der Waals surface area contributed by atoms with E-state index in [-0.39, 0.29) is 0 Å². The topological polar surface area (TPSA) is 34.1 Å². The molecule has 5 heteroatoms. The van der Waals surface area contributed by atoms with Gasteiger partial charge >= 0.3 is 0 Å². The summed E-state index contributed by atoms with van der Waals surface area (Å²) < 4.78 is 5.68. The van der Waals surface area contributed by atoms with Gasteiger partial charge in [0.15, 0.2) is 0 Å². The molecule has 0 unspecified atom stereocenters. The fourth-order valence-corrected chi connectivity index (χ4v) is 2.22. The Labute approximate surface area is 128 Å². The number of nitrogens with zero attached hydrogens (tertiary/aromatic N) is 1. The second-order valence-corrected chi connectivity index (χ2v) is 5.22. The molecule has 0 aliphatic carbocycles. The van der Waals surface area contributed by atoms with E-state index in [0.29, 0.717) is 21.7 Å². The number of hydrogen-bond donors (Lipinski definition) is 1. The fraction of sp³-hybridized carbons (Fsp3) is 0.267. The molecule has 1 aromatic carbocycles. The number of ether oxygens (including phenoxy) is 1. The van der Waals surface area contributed by atoms with Gasteiger partial charge in [-0.2, -0.15) is 0 Å². The van der Waals surface area contributed by atoms with Crippen molar-refractivity contribution in [3.8, 4) is 11.6 Å². The molecule has 2 rings (SSSR count). The third kappa shape index (κ3) is 4.67. The zero-order valence-corrected chi connectivity index (χ0v) is 12.7. The summed E-state index contributed by atoms with van der Waals surface area (Å²) in [4.78, 5) is 4.43. The van der Waals surface area contributed by atoms with Gasteiger partial charge in [0, 0.05) is 22.7 Å². The van der Waals surface area contributed by atoms with Gasteiger partial charge in [0.25, 0.3) is 0 Å². The molecule has 0 fully saturated rings. The molecule has 0 aliphatic heterocycles. The lowest BCUT2D eigenvalue weighted by molar-refractivity contribution is 0.459. The van der Waals surface area contributed by atoms with E-state index in [0.717, 1.165) is 25.2 Å². The van der Waals surface area contributed by atoms with Gasteiger partial charge in [-0.15, -0.1) is 0 Å². The van der Waals surface area contributed by atoms with Crippen molar-refractivity contribution < 1.29 is 4.74 Å². The summed E-state index contributed by atoms with van der Waals surface area (Å²) in [5, 5.41) is 4.37. The summed E-state index contributed by atoms with van der Waals surface area (Å²) in [5.41, 5.74) is 0.934. The van der Waals surface area contributed by atoms with Crippen LogP contribution in [0.3, 0.4) is 0 Å². The standard InChI is InChI=1S/C15H16Cl2N2O/c1-2-6-18-10-13-4-3-5-15(19-13)20-14-8-11(16)7-12(17)9-14/h3-5,7-9,18H,2,6,10H2,1H3.